The Bertz CT molecular complexity index is 292. The van der Waals surface area contributed by atoms with Gasteiger partial charge in [-0.1, -0.05) is 41.5 Å². The molecule has 0 spiro atoms. The third-order valence-electron chi connectivity index (χ3n) is 5.55. The first-order valence-corrected chi connectivity index (χ1v) is 13.1. The van der Waals surface area contributed by atoms with Crippen molar-refractivity contribution in [3.8, 4) is 0 Å². The number of hydrogen-bond donors (Lipinski definition) is 0. The van der Waals surface area contributed by atoms with Crippen molar-refractivity contribution in [2.75, 3.05) is 32.3 Å². The Morgan fingerprint density at radius 2 is 1.27 bits per heavy atom. The molecule has 0 atom stereocenters. The second kappa shape index (κ2) is 8.97. The summed E-state index contributed by atoms with van der Waals surface area (Å²) in [7, 11) is -1.78. The van der Waals surface area contributed by atoms with Crippen LogP contribution in [-0.4, -0.2) is 65.9 Å². The van der Waals surface area contributed by atoms with Gasteiger partial charge in [-0.25, -0.2) is 0 Å². The first-order valence-electron chi connectivity index (χ1n) is 9.31. The molecule has 0 unspecified atom stereocenters. The van der Waals surface area contributed by atoms with Crippen LogP contribution in [0.4, 0.5) is 0 Å². The van der Waals surface area contributed by atoms with Crippen LogP contribution in [0.2, 0.25) is 16.6 Å². The molecule has 1 fully saturated rings. The fourth-order valence-electron chi connectivity index (χ4n) is 4.87. The average Bonchev–Trinajstić information content (AvgIpc) is 2.39. The summed E-state index contributed by atoms with van der Waals surface area (Å²) >= 11 is 0. The molecule has 1 aliphatic heterocycles. The average molecular weight is 345 g/mol. The summed E-state index contributed by atoms with van der Waals surface area (Å²) in [6, 6.07) is 0. The summed E-state index contributed by atoms with van der Waals surface area (Å²) in [6.07, 6.45) is 1.64. The highest BCUT2D eigenvalue weighted by molar-refractivity contribution is 6.81. The molecule has 1 aliphatic rings. The van der Waals surface area contributed by atoms with Gasteiger partial charge >= 0.3 is 0 Å². The minimum absolute atomic E-state index is 0.360. The number of hydrogen-bond acceptors (Lipinski definition) is 3. The first kappa shape index (κ1) is 20.4. The van der Waals surface area contributed by atoms with Gasteiger partial charge in [-0.15, -0.1) is 0 Å². The van der Waals surface area contributed by atoms with Gasteiger partial charge in [-0.2, -0.15) is 0 Å². The summed E-state index contributed by atoms with van der Waals surface area (Å²) in [5.74, 6) is 0. The molecule has 0 saturated carbocycles. The van der Waals surface area contributed by atoms with Crippen LogP contribution in [0.3, 0.4) is 0 Å². The van der Waals surface area contributed by atoms with Gasteiger partial charge in [0, 0.05) is 38.5 Å². The fraction of sp³-hybridized carbons (Fsp3) is 1.00. The normalized spacial score (nSPS) is 19.6. The standard InChI is InChI=1S/C17H40N2OSi2/c1-14(2)20-21-13-18-9-11-19(12-10-18)22(15(3)4,16(5)6)17(7)8/h14-17H,9-13,21H2,1-8H3. The molecule has 0 amide bonds. The van der Waals surface area contributed by atoms with Gasteiger partial charge in [0.25, 0.3) is 0 Å². The minimum Gasteiger partial charge on any atom is -0.420 e. The lowest BCUT2D eigenvalue weighted by molar-refractivity contribution is 0.185. The molecule has 0 aliphatic carbocycles. The molecule has 0 radical (unpaired) electrons. The zero-order valence-electron chi connectivity index (χ0n) is 16.4. The Morgan fingerprint density at radius 1 is 0.818 bits per heavy atom. The number of nitrogens with zero attached hydrogens (tertiary/aromatic N) is 2. The molecule has 0 aromatic rings. The van der Waals surface area contributed by atoms with Crippen LogP contribution < -0.4 is 0 Å². The van der Waals surface area contributed by atoms with Crippen molar-refractivity contribution < 1.29 is 4.43 Å². The smallest absolute Gasteiger partial charge is 0.175 e. The van der Waals surface area contributed by atoms with Gasteiger partial charge in [0.15, 0.2) is 9.76 Å². The van der Waals surface area contributed by atoms with Gasteiger partial charge in [0.05, 0.1) is 0 Å². The fourth-order valence-corrected chi connectivity index (χ4v) is 13.3. The van der Waals surface area contributed by atoms with E-state index in [0.29, 0.717) is 6.10 Å². The molecule has 0 aromatic carbocycles. The third-order valence-corrected chi connectivity index (χ3v) is 14.4. The van der Waals surface area contributed by atoms with E-state index in [-0.39, 0.29) is 9.76 Å². The minimum atomic E-state index is -1.42. The van der Waals surface area contributed by atoms with Crippen molar-refractivity contribution in [3.05, 3.63) is 0 Å². The molecule has 1 heterocycles. The zero-order chi connectivity index (χ0) is 16.9. The number of piperazine rings is 1. The number of rotatable bonds is 8. The summed E-state index contributed by atoms with van der Waals surface area (Å²) in [4.78, 5) is 2.64. The lowest BCUT2D eigenvalue weighted by Gasteiger charge is -2.53. The molecule has 3 nitrogen and oxygen atoms in total. The van der Waals surface area contributed by atoms with Crippen molar-refractivity contribution in [3.63, 3.8) is 0 Å². The maximum Gasteiger partial charge on any atom is 0.175 e. The monoisotopic (exact) mass is 344 g/mol. The van der Waals surface area contributed by atoms with Crippen molar-refractivity contribution in [1.29, 1.82) is 0 Å². The van der Waals surface area contributed by atoms with Crippen molar-refractivity contribution in [2.24, 2.45) is 0 Å². The van der Waals surface area contributed by atoms with Gasteiger partial charge in [0.2, 0.25) is 0 Å². The Morgan fingerprint density at radius 3 is 1.64 bits per heavy atom. The topological polar surface area (TPSA) is 15.7 Å². The predicted octanol–water partition coefficient (Wildman–Crippen LogP) is 3.25. The van der Waals surface area contributed by atoms with Crippen LogP contribution in [-0.2, 0) is 4.43 Å². The van der Waals surface area contributed by atoms with Crippen LogP contribution in [0.1, 0.15) is 55.4 Å². The SMILES string of the molecule is CC(C)O[SiH2]CN1CCN([Si](C(C)C)(C(C)C)C(C)C)CC1. The zero-order valence-corrected chi connectivity index (χ0v) is 18.8. The molecule has 132 valence electrons. The predicted molar refractivity (Wildman–Crippen MR) is 104 cm³/mol. The molecular weight excluding hydrogens is 304 g/mol. The second-order valence-corrected chi connectivity index (χ2v) is 15.2. The maximum atomic E-state index is 5.85. The summed E-state index contributed by atoms with van der Waals surface area (Å²) in [6.45, 7) is 24.2. The van der Waals surface area contributed by atoms with Gasteiger partial charge in [-0.3, -0.25) is 0 Å². The molecule has 0 aromatic heterocycles. The largest absolute Gasteiger partial charge is 0.420 e. The molecule has 1 rings (SSSR count). The highest BCUT2D eigenvalue weighted by Gasteiger charge is 2.48. The molecular formula is C17H40N2OSi2. The summed E-state index contributed by atoms with van der Waals surface area (Å²) in [5, 5.41) is 0. The molecule has 0 bridgehead atoms. The lowest BCUT2D eigenvalue weighted by Crippen LogP contribution is -2.65. The van der Waals surface area contributed by atoms with Gasteiger partial charge in [0.1, 0.15) is 8.24 Å². The molecule has 1 saturated heterocycles. The molecule has 5 heteroatoms. The highest BCUT2D eigenvalue weighted by atomic mass is 28.3. The van der Waals surface area contributed by atoms with Crippen molar-refractivity contribution >= 4 is 18.0 Å². The molecule has 22 heavy (non-hydrogen) atoms. The Kier molecular flexibility index (Phi) is 8.30. The van der Waals surface area contributed by atoms with E-state index in [4.69, 9.17) is 4.43 Å². The quantitative estimate of drug-likeness (QED) is 0.629. The van der Waals surface area contributed by atoms with Crippen LogP contribution in [0, 0.1) is 0 Å². The molecule has 0 N–H and O–H groups in total. The second-order valence-electron chi connectivity index (χ2n) is 8.10. The lowest BCUT2D eigenvalue weighted by atomic mass is 10.4. The van der Waals surface area contributed by atoms with E-state index in [1.807, 2.05) is 0 Å². The maximum absolute atomic E-state index is 5.85. The van der Waals surface area contributed by atoms with E-state index < -0.39 is 8.24 Å². The van der Waals surface area contributed by atoms with E-state index in [1.165, 1.54) is 32.3 Å². The van der Waals surface area contributed by atoms with Gasteiger partial charge in [-0.05, 0) is 30.5 Å². The van der Waals surface area contributed by atoms with E-state index in [1.54, 1.807) is 0 Å². The van der Waals surface area contributed by atoms with Crippen LogP contribution in [0.25, 0.3) is 0 Å². The summed E-state index contributed by atoms with van der Waals surface area (Å²) < 4.78 is 8.78. The van der Waals surface area contributed by atoms with E-state index in [0.717, 1.165) is 16.6 Å². The van der Waals surface area contributed by atoms with Crippen molar-refractivity contribution in [2.45, 2.75) is 78.1 Å². The third kappa shape index (κ3) is 4.66. The Labute approximate surface area is 142 Å². The first-order chi connectivity index (χ1) is 10.2. The highest BCUT2D eigenvalue weighted by Crippen LogP contribution is 2.44. The van der Waals surface area contributed by atoms with Gasteiger partial charge < -0.3 is 13.9 Å². The van der Waals surface area contributed by atoms with E-state index in [2.05, 4.69) is 64.9 Å². The van der Waals surface area contributed by atoms with E-state index in [9.17, 15) is 0 Å². The Hall–Kier alpha value is 0.314. The summed E-state index contributed by atoms with van der Waals surface area (Å²) in [5.41, 5.74) is 2.49. The van der Waals surface area contributed by atoms with Crippen LogP contribution in [0.5, 0.6) is 0 Å². The Balaban J connectivity index is 2.63. The van der Waals surface area contributed by atoms with Crippen LogP contribution >= 0.6 is 0 Å². The van der Waals surface area contributed by atoms with Crippen LogP contribution in [0.15, 0.2) is 0 Å². The van der Waals surface area contributed by atoms with Crippen molar-refractivity contribution in [1.82, 2.24) is 9.47 Å². The van der Waals surface area contributed by atoms with E-state index >= 15 is 0 Å².